The van der Waals surface area contributed by atoms with Crippen molar-refractivity contribution >= 4 is 29.9 Å². The van der Waals surface area contributed by atoms with Gasteiger partial charge < -0.3 is 23.9 Å². The topological polar surface area (TPSA) is 166 Å². The third-order valence-electron chi connectivity index (χ3n) is 9.73. The Balaban J connectivity index is 1.18. The molecule has 2 aliphatic rings. The van der Waals surface area contributed by atoms with Crippen LogP contribution in [0.2, 0.25) is 0 Å². The lowest BCUT2D eigenvalue weighted by atomic mass is 9.85. The number of nitrogens with zero attached hydrogens (tertiary/aromatic N) is 5. The van der Waals surface area contributed by atoms with Gasteiger partial charge in [0.2, 0.25) is 5.96 Å². The summed E-state index contributed by atoms with van der Waals surface area (Å²) in [6.45, 7) is 7.30. The molecule has 3 heterocycles. The van der Waals surface area contributed by atoms with Crippen LogP contribution in [-0.4, -0.2) is 63.3 Å². The molecule has 4 N–H and O–H groups in total. The number of carbonyl (C=O) groups excluding carboxylic acids is 1. The van der Waals surface area contributed by atoms with Gasteiger partial charge in [0.15, 0.2) is 0 Å². The van der Waals surface area contributed by atoms with E-state index in [4.69, 9.17) is 29.6 Å². The van der Waals surface area contributed by atoms with Crippen molar-refractivity contribution in [2.75, 3.05) is 31.3 Å². The maximum absolute atomic E-state index is 13.7. The molecule has 4 aromatic rings. The van der Waals surface area contributed by atoms with Crippen molar-refractivity contribution < 1.29 is 18.5 Å². The molecule has 2 amide bonds. The van der Waals surface area contributed by atoms with E-state index >= 15 is 0 Å². The molecule has 14 heteroatoms. The van der Waals surface area contributed by atoms with Gasteiger partial charge in [-0.3, -0.25) is 20.7 Å². The molecule has 53 heavy (non-hydrogen) atoms. The number of nitriles is 1. The minimum absolute atomic E-state index is 0.224. The molecule has 1 fully saturated rings. The number of carbonyl (C=O) groups is 1. The molecule has 0 radical (unpaired) electrons. The number of anilines is 1. The fourth-order valence-corrected chi connectivity index (χ4v) is 7.02. The zero-order valence-electron chi connectivity index (χ0n) is 30.6. The summed E-state index contributed by atoms with van der Waals surface area (Å²) in [7, 11) is 0. The van der Waals surface area contributed by atoms with Crippen LogP contribution in [0.4, 0.5) is 10.6 Å². The summed E-state index contributed by atoms with van der Waals surface area (Å²) < 4.78 is 20.9. The van der Waals surface area contributed by atoms with Crippen LogP contribution in [0.1, 0.15) is 81.8 Å². The smallest absolute Gasteiger partial charge is 0.320 e. The number of hydrogen-bond donors (Lipinski definition) is 4. The third kappa shape index (κ3) is 8.69. The quantitative estimate of drug-likeness (QED) is 0.0550. The van der Waals surface area contributed by atoms with Gasteiger partial charge in [0.25, 0.3) is 0 Å². The van der Waals surface area contributed by atoms with Crippen LogP contribution in [0.3, 0.4) is 0 Å². The Bertz CT molecular complexity index is 2040. The first-order chi connectivity index (χ1) is 25.6. The van der Waals surface area contributed by atoms with Crippen molar-refractivity contribution in [2.24, 2.45) is 0 Å². The third-order valence-corrected chi connectivity index (χ3v) is 10.1. The van der Waals surface area contributed by atoms with E-state index in [1.54, 1.807) is 47.5 Å². The number of pyridine rings is 1. The van der Waals surface area contributed by atoms with E-state index in [1.807, 2.05) is 54.8 Å². The van der Waals surface area contributed by atoms with E-state index in [0.29, 0.717) is 54.8 Å². The van der Waals surface area contributed by atoms with Gasteiger partial charge in [-0.2, -0.15) is 10.4 Å². The Morgan fingerprint density at radius 3 is 2.62 bits per heavy atom. The second-order valence-electron chi connectivity index (χ2n) is 13.8. The van der Waals surface area contributed by atoms with Crippen molar-refractivity contribution in [3.63, 3.8) is 0 Å². The molecule has 3 atom stereocenters. The van der Waals surface area contributed by atoms with Crippen molar-refractivity contribution in [2.45, 2.75) is 76.5 Å². The molecule has 0 bridgehead atoms. The lowest BCUT2D eigenvalue weighted by Crippen LogP contribution is -2.47. The number of likely N-dealkylation sites (tertiary alicyclic amines) is 1. The Hall–Kier alpha value is -5.26. The molecule has 0 unspecified atom stereocenters. The molecule has 278 valence electrons. The number of urea groups is 1. The summed E-state index contributed by atoms with van der Waals surface area (Å²) in [6, 6.07) is 22.3. The summed E-state index contributed by atoms with van der Waals surface area (Å²) in [4.78, 5) is 15.7. The summed E-state index contributed by atoms with van der Waals surface area (Å²) in [5.41, 5.74) is 2.42. The Labute approximate surface area is 314 Å². The lowest BCUT2D eigenvalue weighted by Gasteiger charge is -2.36. The van der Waals surface area contributed by atoms with Crippen LogP contribution >= 0.6 is 12.0 Å². The van der Waals surface area contributed by atoms with Gasteiger partial charge in [-0.25, -0.2) is 9.48 Å². The predicted octanol–water partition coefficient (Wildman–Crippen LogP) is 7.06. The van der Waals surface area contributed by atoms with Gasteiger partial charge in [0.05, 0.1) is 41.7 Å². The van der Waals surface area contributed by atoms with Crippen LogP contribution in [-0.2, 0) is 9.60 Å². The van der Waals surface area contributed by atoms with Gasteiger partial charge in [-0.1, -0.05) is 30.3 Å². The summed E-state index contributed by atoms with van der Waals surface area (Å²) in [6.07, 6.45) is 7.78. The monoisotopic (exact) mass is 737 g/mol. The number of amides is 2. The second-order valence-corrected chi connectivity index (χ2v) is 14.4. The first-order valence-electron chi connectivity index (χ1n) is 17.9. The molecule has 2 aromatic carbocycles. The molecule has 1 saturated heterocycles. The van der Waals surface area contributed by atoms with Crippen molar-refractivity contribution in [3.05, 3.63) is 95.2 Å². The first kappa shape index (κ1) is 37.5. The summed E-state index contributed by atoms with van der Waals surface area (Å²) in [5, 5.41) is 38.1. The fraction of sp³-hybridized carbons (Fsp3) is 0.410. The summed E-state index contributed by atoms with van der Waals surface area (Å²) in [5.74, 6) is 1.89. The Morgan fingerprint density at radius 2 is 1.85 bits per heavy atom. The van der Waals surface area contributed by atoms with Crippen LogP contribution in [0.15, 0.2) is 72.9 Å². The zero-order chi connectivity index (χ0) is 37.5. The number of nitrogens with one attached hydrogen (secondary N) is 4. The van der Waals surface area contributed by atoms with Crippen LogP contribution < -0.4 is 25.6 Å². The Morgan fingerprint density at radius 1 is 1.04 bits per heavy atom. The number of ether oxygens (including phenoxy) is 2. The van der Waals surface area contributed by atoms with Gasteiger partial charge in [0, 0.05) is 31.0 Å². The molecule has 6 rings (SSSR count). The number of fused-ring (bicyclic) bond motifs is 1. The largest absolute Gasteiger partial charge is 0.491 e. The van der Waals surface area contributed by atoms with Crippen LogP contribution in [0, 0.1) is 22.1 Å². The average Bonchev–Trinajstić information content (AvgIpc) is 3.59. The molecule has 13 nitrogen and oxygen atoms in total. The number of benzene rings is 2. The number of aromatic nitrogens is 3. The molecule has 1 aliphatic heterocycles. The maximum atomic E-state index is 13.7. The second kappa shape index (κ2) is 16.6. The molecule has 0 saturated carbocycles. The van der Waals surface area contributed by atoms with Crippen molar-refractivity contribution in [1.82, 2.24) is 24.6 Å². The Kier molecular flexibility index (Phi) is 11.7. The number of rotatable bonds is 11. The number of hydrogen-bond acceptors (Lipinski definition) is 9. The normalized spacial score (nSPS) is 18.4. The maximum Gasteiger partial charge on any atom is 0.320 e. The SMILES string of the molecule is CSOCCOc1cccc(-n2nc(C(C)(C)C#N)cc2NC(=O)N[C@H]2CC[C@@H](Oc3ccc(=N)n(C(=N)N4CCCC[C@@H]4C)c3)c3ccccc32)c1. The highest BCUT2D eigenvalue weighted by Gasteiger charge is 2.31. The number of piperidine rings is 1. The highest BCUT2D eigenvalue weighted by atomic mass is 32.2. The first-order valence-corrected chi connectivity index (χ1v) is 19.1. The minimum Gasteiger partial charge on any atom is -0.491 e. The fourth-order valence-electron chi connectivity index (χ4n) is 6.79. The van der Waals surface area contributed by atoms with Crippen LogP contribution in [0.5, 0.6) is 11.5 Å². The van der Waals surface area contributed by atoms with Crippen LogP contribution in [0.25, 0.3) is 5.69 Å². The highest BCUT2D eigenvalue weighted by Crippen LogP contribution is 2.39. The minimum atomic E-state index is -0.898. The molecule has 1 aliphatic carbocycles. The van der Waals surface area contributed by atoms with Crippen molar-refractivity contribution in [3.8, 4) is 23.3 Å². The van der Waals surface area contributed by atoms with E-state index in [0.717, 1.165) is 36.9 Å². The molecule has 0 spiro atoms. The average molecular weight is 738 g/mol. The predicted molar refractivity (Wildman–Crippen MR) is 205 cm³/mol. The highest BCUT2D eigenvalue weighted by molar-refractivity contribution is 7.93. The van der Waals surface area contributed by atoms with Crippen molar-refractivity contribution in [1.29, 1.82) is 16.1 Å². The van der Waals surface area contributed by atoms with E-state index in [2.05, 4.69) is 28.5 Å². The van der Waals surface area contributed by atoms with Gasteiger partial charge >= 0.3 is 6.03 Å². The lowest BCUT2D eigenvalue weighted by molar-refractivity contribution is 0.171. The van der Waals surface area contributed by atoms with E-state index in [9.17, 15) is 10.1 Å². The van der Waals surface area contributed by atoms with Gasteiger partial charge in [-0.05, 0) is 100 Å². The molecular weight excluding hydrogens is 691 g/mol. The standard InChI is InChI=1S/C39H47N9O4S/c1-26-10-7-8-19-46(26)37(42)47-24-29(15-18-35(47)41)52-33-17-16-32(30-13-5-6-14-31(30)33)43-38(49)44-36-23-34(39(2,3)25-40)45-48(36)27-11-9-12-28(22-27)50-20-21-51-53-4/h5-6,9,11-15,18,22-24,26,32-33,41-42H,7-8,10,16-17,19-21H2,1-4H3,(H2,43,44,49)/t26-,32-,33+/m0/s1. The zero-order valence-corrected chi connectivity index (χ0v) is 31.4. The molecule has 2 aromatic heterocycles. The van der Waals surface area contributed by atoms with Gasteiger partial charge in [-0.15, -0.1) is 0 Å². The van der Waals surface area contributed by atoms with E-state index in [1.165, 1.54) is 12.0 Å². The summed E-state index contributed by atoms with van der Waals surface area (Å²) >= 11 is 1.28. The van der Waals surface area contributed by atoms with E-state index in [-0.39, 0.29) is 29.6 Å². The van der Waals surface area contributed by atoms with Gasteiger partial charge in [0.1, 0.15) is 35.5 Å². The van der Waals surface area contributed by atoms with E-state index < -0.39 is 11.4 Å². The molecular formula is C39H47N9O4S.